The first-order chi connectivity index (χ1) is 20.0. The van der Waals surface area contributed by atoms with Crippen LogP contribution in [0.25, 0.3) is 0 Å². The number of nitriles is 1. The van der Waals surface area contributed by atoms with E-state index in [4.69, 9.17) is 14.7 Å². The normalized spacial score (nSPS) is 23.7. The van der Waals surface area contributed by atoms with Gasteiger partial charge in [-0.1, -0.05) is 36.4 Å². The highest BCUT2D eigenvalue weighted by Crippen LogP contribution is 2.47. The summed E-state index contributed by atoms with van der Waals surface area (Å²) in [6.45, 7) is 3.91. The fourth-order valence-electron chi connectivity index (χ4n) is 7.12. The smallest absolute Gasteiger partial charge is 0.324 e. The lowest BCUT2D eigenvalue weighted by Gasteiger charge is -2.42. The van der Waals surface area contributed by atoms with E-state index in [1.165, 1.54) is 16.7 Å². The molecule has 1 amide bonds. The van der Waals surface area contributed by atoms with Crippen molar-refractivity contribution in [3.8, 4) is 17.8 Å². The Bertz CT molecular complexity index is 1550. The summed E-state index contributed by atoms with van der Waals surface area (Å²) >= 11 is 0. The number of hydrogen-bond donors (Lipinski definition) is 2. The number of ether oxygens (including phenoxy) is 1. The number of carbonyl (C=O) groups is 1. The number of fused-ring (bicyclic) bond motifs is 4. The molecule has 2 aromatic carbocycles. The van der Waals surface area contributed by atoms with Crippen molar-refractivity contribution in [3.05, 3.63) is 70.4 Å². The van der Waals surface area contributed by atoms with Crippen LogP contribution in [0.15, 0.2) is 42.5 Å². The molecule has 1 saturated heterocycles. The van der Waals surface area contributed by atoms with Gasteiger partial charge in [-0.05, 0) is 55.5 Å². The number of nitrogens with one attached hydrogen (secondary N) is 2. The second kappa shape index (κ2) is 10.4. The third-order valence-electron chi connectivity index (χ3n) is 9.18. The number of likely N-dealkylation sites (N-methyl/N-ethyl adjacent to an activating group) is 1. The predicted molar refractivity (Wildman–Crippen MR) is 156 cm³/mol. The van der Waals surface area contributed by atoms with Crippen molar-refractivity contribution in [2.75, 3.05) is 43.4 Å². The van der Waals surface area contributed by atoms with Crippen molar-refractivity contribution >= 4 is 17.4 Å². The number of aryl methyl sites for hydroxylation is 1. The minimum atomic E-state index is -0.659. The maximum absolute atomic E-state index is 14.0. The Morgan fingerprint density at radius 2 is 2.00 bits per heavy atom. The van der Waals surface area contributed by atoms with Crippen LogP contribution >= 0.6 is 0 Å². The lowest BCUT2D eigenvalue weighted by atomic mass is 9.65. The fraction of sp³-hybridized carbons (Fsp3) is 0.438. The molecule has 7 rings (SSSR count). The van der Waals surface area contributed by atoms with Gasteiger partial charge in [0.05, 0.1) is 23.6 Å². The highest BCUT2D eigenvalue weighted by molar-refractivity contribution is 6.04. The summed E-state index contributed by atoms with van der Waals surface area (Å²) in [5, 5.41) is 16.0. The average molecular weight is 550 g/mol. The minimum Gasteiger partial charge on any atom is -0.424 e. The standard InChI is InChI=1S/C32H35N7O2/c1-38-16-12-24-22(19-38)7-4-10-27(24)41-31-35-26-18-32(13-5-8-21-6-2-3-9-25(21)32)30(40)36-28(26)29(37-31)39-17-15-34-23(20-39)11-14-33/h2-4,6-7,9-10,23,34H,5,8,11-13,15-20H2,1H3,(H,36,40). The minimum absolute atomic E-state index is 0.0145. The Balaban J connectivity index is 1.31. The van der Waals surface area contributed by atoms with E-state index in [1.807, 2.05) is 18.2 Å². The zero-order chi connectivity index (χ0) is 28.0. The first-order valence-corrected chi connectivity index (χ1v) is 14.7. The van der Waals surface area contributed by atoms with Crippen molar-refractivity contribution in [2.45, 2.75) is 56.5 Å². The van der Waals surface area contributed by atoms with E-state index >= 15 is 0 Å². The Morgan fingerprint density at radius 3 is 2.90 bits per heavy atom. The molecule has 9 nitrogen and oxygen atoms in total. The lowest BCUT2D eigenvalue weighted by molar-refractivity contribution is -0.122. The highest BCUT2D eigenvalue weighted by Gasteiger charge is 2.48. The molecule has 0 bridgehead atoms. The number of anilines is 2. The Hall–Kier alpha value is -4.00. The van der Waals surface area contributed by atoms with E-state index in [-0.39, 0.29) is 11.9 Å². The number of aromatic nitrogens is 2. The Labute approximate surface area is 240 Å². The van der Waals surface area contributed by atoms with Crippen molar-refractivity contribution in [2.24, 2.45) is 0 Å². The molecule has 0 saturated carbocycles. The molecular formula is C32H35N7O2. The van der Waals surface area contributed by atoms with Crippen LogP contribution in [0.2, 0.25) is 0 Å². The van der Waals surface area contributed by atoms with Gasteiger partial charge in [0.2, 0.25) is 5.91 Å². The first kappa shape index (κ1) is 25.9. The molecule has 3 aromatic rings. The van der Waals surface area contributed by atoms with Gasteiger partial charge >= 0.3 is 6.01 Å². The largest absolute Gasteiger partial charge is 0.424 e. The average Bonchev–Trinajstić information content (AvgIpc) is 2.98. The van der Waals surface area contributed by atoms with Gasteiger partial charge in [0, 0.05) is 50.7 Å². The lowest BCUT2D eigenvalue weighted by Crippen LogP contribution is -2.52. The summed E-state index contributed by atoms with van der Waals surface area (Å²) < 4.78 is 6.51. The van der Waals surface area contributed by atoms with Crippen LogP contribution in [0.5, 0.6) is 11.8 Å². The molecular weight excluding hydrogens is 514 g/mol. The zero-order valence-electron chi connectivity index (χ0n) is 23.4. The van der Waals surface area contributed by atoms with Gasteiger partial charge < -0.3 is 25.2 Å². The van der Waals surface area contributed by atoms with Gasteiger partial charge in [0.25, 0.3) is 0 Å². The molecule has 2 N–H and O–H groups in total. The van der Waals surface area contributed by atoms with Crippen LogP contribution in [0, 0.1) is 11.3 Å². The Kier molecular flexibility index (Phi) is 6.60. The van der Waals surface area contributed by atoms with Gasteiger partial charge in [-0.25, -0.2) is 0 Å². The molecule has 3 aliphatic heterocycles. The summed E-state index contributed by atoms with van der Waals surface area (Å²) in [5.41, 5.74) is 5.64. The fourth-order valence-corrected chi connectivity index (χ4v) is 7.12. The number of hydrogen-bond acceptors (Lipinski definition) is 8. The molecule has 2 atom stereocenters. The van der Waals surface area contributed by atoms with E-state index in [2.05, 4.69) is 57.8 Å². The van der Waals surface area contributed by atoms with Crippen LogP contribution in [-0.4, -0.2) is 60.0 Å². The van der Waals surface area contributed by atoms with E-state index < -0.39 is 5.41 Å². The second-order valence-corrected chi connectivity index (χ2v) is 11.8. The van der Waals surface area contributed by atoms with Crippen LogP contribution in [0.3, 0.4) is 0 Å². The number of nitrogens with zero attached hydrogens (tertiary/aromatic N) is 5. The highest BCUT2D eigenvalue weighted by atomic mass is 16.5. The maximum Gasteiger partial charge on any atom is 0.324 e. The van der Waals surface area contributed by atoms with E-state index in [0.29, 0.717) is 43.4 Å². The van der Waals surface area contributed by atoms with Gasteiger partial charge in [-0.15, -0.1) is 0 Å². The number of piperazine rings is 1. The van der Waals surface area contributed by atoms with Crippen molar-refractivity contribution in [1.82, 2.24) is 20.2 Å². The molecule has 4 aliphatic rings. The van der Waals surface area contributed by atoms with E-state index in [0.717, 1.165) is 62.3 Å². The number of benzene rings is 2. The summed E-state index contributed by atoms with van der Waals surface area (Å²) in [5.74, 6) is 1.48. The van der Waals surface area contributed by atoms with Gasteiger partial charge in [-0.3, -0.25) is 4.79 Å². The van der Waals surface area contributed by atoms with Crippen molar-refractivity contribution < 1.29 is 9.53 Å². The topological polar surface area (TPSA) is 106 Å². The van der Waals surface area contributed by atoms with Crippen LogP contribution in [0.1, 0.15) is 47.2 Å². The number of carbonyl (C=O) groups excluding carboxylic acids is 1. The predicted octanol–water partition coefficient (Wildman–Crippen LogP) is 3.72. The maximum atomic E-state index is 14.0. The second-order valence-electron chi connectivity index (χ2n) is 11.8. The SMILES string of the molecule is CN1CCc2c(cccc2Oc2nc3c(c(N4CCNC(CC#N)C4)n2)NC(=O)C2(CCCc4ccccc42)C3)C1. The van der Waals surface area contributed by atoms with Crippen molar-refractivity contribution in [3.63, 3.8) is 0 Å². The number of rotatable bonds is 4. The molecule has 0 radical (unpaired) electrons. The van der Waals surface area contributed by atoms with Gasteiger partial charge in [0.15, 0.2) is 5.82 Å². The van der Waals surface area contributed by atoms with E-state index in [1.54, 1.807) is 0 Å². The number of amides is 1. The quantitative estimate of drug-likeness (QED) is 0.507. The van der Waals surface area contributed by atoms with Crippen LogP contribution < -0.4 is 20.3 Å². The van der Waals surface area contributed by atoms with Gasteiger partial charge in [0.1, 0.15) is 11.4 Å². The molecule has 41 heavy (non-hydrogen) atoms. The molecule has 1 aromatic heterocycles. The molecule has 1 spiro atoms. The van der Waals surface area contributed by atoms with Crippen LogP contribution in [0.4, 0.5) is 11.5 Å². The summed E-state index contributed by atoms with van der Waals surface area (Å²) in [7, 11) is 2.13. The molecule has 4 heterocycles. The summed E-state index contributed by atoms with van der Waals surface area (Å²) in [6, 6.07) is 17.1. The third kappa shape index (κ3) is 4.61. The monoisotopic (exact) mass is 549 g/mol. The Morgan fingerprint density at radius 1 is 1.12 bits per heavy atom. The van der Waals surface area contributed by atoms with Crippen LogP contribution in [-0.2, 0) is 36.0 Å². The zero-order valence-corrected chi connectivity index (χ0v) is 23.4. The van der Waals surface area contributed by atoms with Crippen molar-refractivity contribution in [1.29, 1.82) is 5.26 Å². The summed E-state index contributed by atoms with van der Waals surface area (Å²) in [4.78, 5) is 28.4. The first-order valence-electron chi connectivity index (χ1n) is 14.7. The van der Waals surface area contributed by atoms with E-state index in [9.17, 15) is 10.1 Å². The van der Waals surface area contributed by atoms with Gasteiger partial charge in [-0.2, -0.15) is 15.2 Å². The molecule has 9 heteroatoms. The third-order valence-corrected chi connectivity index (χ3v) is 9.18. The molecule has 1 aliphatic carbocycles. The molecule has 210 valence electrons. The summed E-state index contributed by atoms with van der Waals surface area (Å²) in [6.07, 6.45) is 4.54. The molecule has 2 unspecified atom stereocenters. The molecule has 1 fully saturated rings.